The predicted molar refractivity (Wildman–Crippen MR) is 66.5 cm³/mol. The quantitative estimate of drug-likeness (QED) is 0.388. The molecule has 2 atom stereocenters. The van der Waals surface area contributed by atoms with Crippen LogP contribution in [0.15, 0.2) is 11.6 Å². The summed E-state index contributed by atoms with van der Waals surface area (Å²) in [5, 5.41) is 0. The van der Waals surface area contributed by atoms with E-state index in [9.17, 15) is 0 Å². The van der Waals surface area contributed by atoms with Crippen molar-refractivity contribution < 1.29 is 0 Å². The smallest absolute Gasteiger partial charge is 0.0320 e. The minimum absolute atomic E-state index is 0.849. The molecule has 0 spiro atoms. The highest BCUT2D eigenvalue weighted by atomic mass is 14.2. The van der Waals surface area contributed by atoms with Crippen molar-refractivity contribution in [2.45, 2.75) is 66.7 Å². The second-order valence-electron chi connectivity index (χ2n) is 4.97. The van der Waals surface area contributed by atoms with Crippen molar-refractivity contribution in [3.05, 3.63) is 11.6 Å². The highest BCUT2D eigenvalue weighted by molar-refractivity contribution is 4.93. The van der Waals surface area contributed by atoms with Crippen LogP contribution in [0.2, 0.25) is 0 Å². The maximum atomic E-state index is 2.40. The van der Waals surface area contributed by atoms with Crippen LogP contribution in [0.4, 0.5) is 0 Å². The van der Waals surface area contributed by atoms with Gasteiger partial charge < -0.3 is 0 Å². The minimum atomic E-state index is 0.849. The molecule has 0 saturated carbocycles. The first-order valence-corrected chi connectivity index (χ1v) is 6.21. The molecule has 14 heavy (non-hydrogen) atoms. The second kappa shape index (κ2) is 8.08. The fourth-order valence-electron chi connectivity index (χ4n) is 1.65. The number of allylic oxidation sites excluding steroid dienone is 2. The largest absolute Gasteiger partial charge is 0.0856 e. The zero-order chi connectivity index (χ0) is 11.0. The fraction of sp³-hybridized carbons (Fsp3) is 0.857. The van der Waals surface area contributed by atoms with Crippen molar-refractivity contribution in [2.24, 2.45) is 11.8 Å². The summed E-state index contributed by atoms with van der Waals surface area (Å²) in [7, 11) is 0. The first kappa shape index (κ1) is 13.7. The van der Waals surface area contributed by atoms with Crippen LogP contribution in [0.1, 0.15) is 66.7 Å². The van der Waals surface area contributed by atoms with Crippen LogP contribution in [0.25, 0.3) is 0 Å². The van der Waals surface area contributed by atoms with E-state index in [-0.39, 0.29) is 0 Å². The Kier molecular flexibility index (Phi) is 7.93. The topological polar surface area (TPSA) is 0 Å². The van der Waals surface area contributed by atoms with Crippen molar-refractivity contribution >= 4 is 0 Å². The number of hydrogen-bond acceptors (Lipinski definition) is 0. The highest BCUT2D eigenvalue weighted by Crippen LogP contribution is 2.22. The number of rotatable bonds is 7. The Morgan fingerprint density at radius 1 is 1.07 bits per heavy atom. The van der Waals surface area contributed by atoms with Gasteiger partial charge in [0, 0.05) is 0 Å². The average Bonchev–Trinajstić information content (AvgIpc) is 2.14. The molecule has 0 nitrogen and oxygen atoms in total. The lowest BCUT2D eigenvalue weighted by Gasteiger charge is -2.18. The summed E-state index contributed by atoms with van der Waals surface area (Å²) in [6.45, 7) is 11.4. The Morgan fingerprint density at radius 2 is 1.71 bits per heavy atom. The van der Waals surface area contributed by atoms with Crippen molar-refractivity contribution in [3.63, 3.8) is 0 Å². The molecule has 0 heteroatoms. The van der Waals surface area contributed by atoms with Crippen molar-refractivity contribution in [2.75, 3.05) is 0 Å². The summed E-state index contributed by atoms with van der Waals surface area (Å²) in [6, 6.07) is 0. The van der Waals surface area contributed by atoms with Gasteiger partial charge >= 0.3 is 0 Å². The molecular weight excluding hydrogens is 168 g/mol. The lowest BCUT2D eigenvalue weighted by Crippen LogP contribution is -2.07. The molecule has 0 N–H and O–H groups in total. The summed E-state index contributed by atoms with van der Waals surface area (Å²) in [4.78, 5) is 0. The van der Waals surface area contributed by atoms with Gasteiger partial charge in [-0.05, 0) is 32.1 Å². The van der Waals surface area contributed by atoms with Gasteiger partial charge in [0.15, 0.2) is 0 Å². The molecule has 0 aliphatic rings. The maximum absolute atomic E-state index is 2.40. The lowest BCUT2D eigenvalue weighted by atomic mass is 9.88. The zero-order valence-electron chi connectivity index (χ0n) is 10.8. The second-order valence-corrected chi connectivity index (χ2v) is 4.97. The van der Waals surface area contributed by atoms with Gasteiger partial charge in [0.1, 0.15) is 0 Å². The Hall–Kier alpha value is -0.260. The van der Waals surface area contributed by atoms with Gasteiger partial charge in [-0.3, -0.25) is 0 Å². The van der Waals surface area contributed by atoms with Crippen LogP contribution in [-0.2, 0) is 0 Å². The third-order valence-corrected chi connectivity index (χ3v) is 3.13. The van der Waals surface area contributed by atoms with E-state index in [0.29, 0.717) is 0 Å². The molecule has 0 aliphatic carbocycles. The summed E-state index contributed by atoms with van der Waals surface area (Å²) >= 11 is 0. The van der Waals surface area contributed by atoms with Crippen LogP contribution in [0.5, 0.6) is 0 Å². The van der Waals surface area contributed by atoms with E-state index in [1.54, 1.807) is 0 Å². The Balaban J connectivity index is 3.64. The van der Waals surface area contributed by atoms with Gasteiger partial charge in [0.2, 0.25) is 0 Å². The third kappa shape index (κ3) is 7.17. The molecule has 0 radical (unpaired) electrons. The monoisotopic (exact) mass is 196 g/mol. The number of hydrogen-bond donors (Lipinski definition) is 0. The standard InChI is InChI=1S/C14H28/c1-6-7-8-9-13(4)14(5)11-10-12(2)3/h10,13-14H,6-9,11H2,1-5H3. The Bertz CT molecular complexity index is 151. The molecule has 2 unspecified atom stereocenters. The maximum Gasteiger partial charge on any atom is -0.0320 e. The SMILES string of the molecule is CCCCCC(C)C(C)CC=C(C)C. The Morgan fingerprint density at radius 3 is 2.21 bits per heavy atom. The average molecular weight is 196 g/mol. The van der Waals surface area contributed by atoms with Crippen molar-refractivity contribution in [3.8, 4) is 0 Å². The van der Waals surface area contributed by atoms with E-state index in [0.717, 1.165) is 11.8 Å². The molecule has 0 amide bonds. The lowest BCUT2D eigenvalue weighted by molar-refractivity contribution is 0.354. The van der Waals surface area contributed by atoms with Gasteiger partial charge in [-0.1, -0.05) is 58.1 Å². The van der Waals surface area contributed by atoms with Crippen LogP contribution < -0.4 is 0 Å². The Labute approximate surface area is 90.8 Å². The summed E-state index contributed by atoms with van der Waals surface area (Å²) in [5.41, 5.74) is 1.46. The molecule has 0 aliphatic heterocycles. The van der Waals surface area contributed by atoms with E-state index < -0.39 is 0 Å². The van der Waals surface area contributed by atoms with Gasteiger partial charge in [0.25, 0.3) is 0 Å². The molecule has 0 fully saturated rings. The molecule has 0 heterocycles. The fourth-order valence-corrected chi connectivity index (χ4v) is 1.65. The van der Waals surface area contributed by atoms with Gasteiger partial charge in [0.05, 0.1) is 0 Å². The van der Waals surface area contributed by atoms with Crippen molar-refractivity contribution in [1.82, 2.24) is 0 Å². The zero-order valence-corrected chi connectivity index (χ0v) is 10.8. The number of unbranched alkanes of at least 4 members (excludes halogenated alkanes) is 2. The van der Waals surface area contributed by atoms with E-state index in [2.05, 4.69) is 40.7 Å². The normalized spacial score (nSPS) is 14.9. The van der Waals surface area contributed by atoms with Gasteiger partial charge in [-0.15, -0.1) is 0 Å². The van der Waals surface area contributed by atoms with Gasteiger partial charge in [-0.25, -0.2) is 0 Å². The van der Waals surface area contributed by atoms with Crippen LogP contribution in [0.3, 0.4) is 0 Å². The summed E-state index contributed by atoms with van der Waals surface area (Å²) < 4.78 is 0. The van der Waals surface area contributed by atoms with Gasteiger partial charge in [-0.2, -0.15) is 0 Å². The minimum Gasteiger partial charge on any atom is -0.0856 e. The summed E-state index contributed by atoms with van der Waals surface area (Å²) in [5.74, 6) is 1.74. The molecule has 0 rings (SSSR count). The van der Waals surface area contributed by atoms with Crippen LogP contribution in [0, 0.1) is 11.8 Å². The first-order chi connectivity index (χ1) is 6.57. The van der Waals surface area contributed by atoms with E-state index in [1.807, 2.05) is 0 Å². The third-order valence-electron chi connectivity index (χ3n) is 3.13. The van der Waals surface area contributed by atoms with Crippen LogP contribution >= 0.6 is 0 Å². The highest BCUT2D eigenvalue weighted by Gasteiger charge is 2.09. The summed E-state index contributed by atoms with van der Waals surface area (Å²) in [6.07, 6.45) is 9.20. The molecular formula is C14H28. The van der Waals surface area contributed by atoms with Crippen LogP contribution in [-0.4, -0.2) is 0 Å². The van der Waals surface area contributed by atoms with E-state index in [1.165, 1.54) is 37.7 Å². The molecule has 0 aromatic rings. The molecule has 0 aromatic heterocycles. The molecule has 0 aromatic carbocycles. The van der Waals surface area contributed by atoms with E-state index >= 15 is 0 Å². The predicted octanol–water partition coefficient (Wildman–Crippen LogP) is 5.20. The molecule has 84 valence electrons. The first-order valence-electron chi connectivity index (χ1n) is 6.21. The van der Waals surface area contributed by atoms with E-state index in [4.69, 9.17) is 0 Å². The van der Waals surface area contributed by atoms with Crippen molar-refractivity contribution in [1.29, 1.82) is 0 Å². The molecule has 0 saturated heterocycles. The molecule has 0 bridgehead atoms.